The van der Waals surface area contributed by atoms with Crippen molar-refractivity contribution in [2.24, 2.45) is 0 Å². The Labute approximate surface area is 237 Å². The Morgan fingerprint density at radius 2 is 0.576 bits per heavy atom. The van der Waals surface area contributed by atoms with Crippen LogP contribution in [0.2, 0.25) is 13.1 Å². The summed E-state index contributed by atoms with van der Waals surface area (Å²) >= 11 is 0. The van der Waals surface area contributed by atoms with Crippen molar-refractivity contribution in [1.29, 1.82) is 5.26 Å². The second kappa shape index (κ2) is 19.9. The maximum Gasteiger partial charge on any atom is 1.00 e. The van der Waals surface area contributed by atoms with Crippen molar-refractivity contribution in [2.75, 3.05) is 0 Å². The van der Waals surface area contributed by atoms with Crippen LogP contribution in [0.5, 0.6) is 0 Å². The summed E-state index contributed by atoms with van der Waals surface area (Å²) in [6, 6.07) is 43.0. The third-order valence-electron chi connectivity index (χ3n) is 4.83. The molecule has 0 unspecified atom stereocenters. The second-order valence-corrected chi connectivity index (χ2v) is 11.5. The van der Waals surface area contributed by atoms with Gasteiger partial charge in [-0.3, -0.25) is 0 Å². The molecule has 0 fully saturated rings. The third kappa shape index (κ3) is 11.5. The van der Waals surface area contributed by atoms with Crippen LogP contribution in [0.15, 0.2) is 121 Å². The van der Waals surface area contributed by atoms with Crippen LogP contribution in [0, 0.1) is 11.8 Å². The van der Waals surface area contributed by atoms with E-state index in [-0.39, 0.29) is 54.8 Å². The van der Waals surface area contributed by atoms with Crippen LogP contribution < -0.4 is 58.5 Å². The van der Waals surface area contributed by atoms with Gasteiger partial charge in [0.15, 0.2) is 0 Å². The minimum atomic E-state index is -0.545. The summed E-state index contributed by atoms with van der Waals surface area (Å²) in [5, 5.41) is 12.2. The average molecular weight is 498 g/mol. The molecule has 0 spiro atoms. The first-order valence-corrected chi connectivity index (χ1v) is 13.9. The van der Waals surface area contributed by atoms with Gasteiger partial charge in [0.2, 0.25) is 0 Å². The van der Waals surface area contributed by atoms with E-state index < -0.39 is 17.6 Å². The van der Waals surface area contributed by atoms with E-state index in [4.69, 9.17) is 11.8 Å². The zero-order chi connectivity index (χ0) is 21.6. The van der Waals surface area contributed by atoms with Gasteiger partial charge in [0.25, 0.3) is 0 Å². The fourth-order valence-corrected chi connectivity index (χ4v) is 6.52. The summed E-state index contributed by atoms with van der Waals surface area (Å²) in [7, 11) is -1.09. The minimum Gasteiger partial charge on any atom is -0.512 e. The number of rotatable bonds is 4. The Morgan fingerprint density at radius 3 is 0.727 bits per heavy atom. The molecular formula is C27H26CuLi2NSi2+. The van der Waals surface area contributed by atoms with E-state index in [9.17, 15) is 0 Å². The normalized spacial score (nSPS) is 8.91. The molecule has 0 N–H and O–H groups in total. The molecule has 0 aliphatic heterocycles. The molecule has 0 aliphatic carbocycles. The Balaban J connectivity index is 0. The number of benzene rings is 4. The summed E-state index contributed by atoms with van der Waals surface area (Å²) in [6.07, 6.45) is 0. The smallest absolute Gasteiger partial charge is 0.512 e. The molecule has 0 atom stereocenters. The van der Waals surface area contributed by atoms with Crippen molar-refractivity contribution < 1.29 is 54.8 Å². The Bertz CT molecular complexity index is 829. The molecule has 4 aromatic carbocycles. The molecule has 1 nitrogen and oxygen atoms in total. The quantitative estimate of drug-likeness (QED) is 0.235. The van der Waals surface area contributed by atoms with Crippen molar-refractivity contribution in [3.63, 3.8) is 0 Å². The number of hydrogen-bond acceptors (Lipinski definition) is 1. The van der Waals surface area contributed by atoms with E-state index in [1.807, 2.05) is 0 Å². The van der Waals surface area contributed by atoms with Crippen molar-refractivity contribution in [3.8, 4) is 0 Å². The fraction of sp³-hybridized carbons (Fsp3) is 0.0741. The van der Waals surface area contributed by atoms with E-state index in [0.717, 1.165) is 0 Å². The minimum absolute atomic E-state index is 0. The van der Waals surface area contributed by atoms with Crippen molar-refractivity contribution in [1.82, 2.24) is 0 Å². The molecule has 0 aliphatic rings. The molecule has 4 rings (SSSR count). The summed E-state index contributed by atoms with van der Waals surface area (Å²) in [5.41, 5.74) is 0. The predicted molar refractivity (Wildman–Crippen MR) is 133 cm³/mol. The second-order valence-electron chi connectivity index (χ2n) is 6.71. The van der Waals surface area contributed by atoms with Crippen LogP contribution in [-0.2, 0) is 17.1 Å². The van der Waals surface area contributed by atoms with Gasteiger partial charge in [0.1, 0.15) is 17.6 Å². The molecule has 0 aromatic heterocycles. The standard InChI is InChI=1S/2C13H13Si.CN.Cu.2Li/c2*1-14(12-8-4-2-5-9-12)13-10-6-3-7-11-13;1-2;;;/h2*2-11H,1H3;;;;/q;;-1;;2*+1. The molecule has 0 bridgehead atoms. The van der Waals surface area contributed by atoms with Gasteiger partial charge < -0.3 is 11.8 Å². The molecule has 33 heavy (non-hydrogen) atoms. The molecule has 0 saturated carbocycles. The van der Waals surface area contributed by atoms with E-state index in [2.05, 4.69) is 134 Å². The van der Waals surface area contributed by atoms with Crippen molar-refractivity contribution >= 4 is 38.3 Å². The van der Waals surface area contributed by atoms with Crippen LogP contribution in [-0.4, -0.2) is 17.6 Å². The molecule has 159 valence electrons. The topological polar surface area (TPSA) is 23.8 Å². The van der Waals surface area contributed by atoms with Gasteiger partial charge in [-0.15, -0.1) is 0 Å². The van der Waals surface area contributed by atoms with Crippen LogP contribution in [0.1, 0.15) is 0 Å². The SMILES string of the molecule is C[Si](c1ccccc1)c1ccccc1.C[Si](c1ccccc1)c1ccccc1.[C-]#N.[Cu].[Li+].[Li+]. The Kier molecular flexibility index (Phi) is 20.4. The van der Waals surface area contributed by atoms with Crippen molar-refractivity contribution in [3.05, 3.63) is 128 Å². The molecule has 0 saturated heterocycles. The first-order valence-electron chi connectivity index (χ1n) is 9.87. The monoisotopic (exact) mass is 497 g/mol. The fourth-order valence-electron chi connectivity index (χ4n) is 3.09. The molecule has 3 radical (unpaired) electrons. The van der Waals surface area contributed by atoms with Gasteiger partial charge in [-0.1, -0.05) is 155 Å². The molecule has 4 aromatic rings. The number of nitrogens with zero attached hydrogens (tertiary/aromatic N) is 1. The first kappa shape index (κ1) is 33.7. The van der Waals surface area contributed by atoms with Gasteiger partial charge in [-0.2, -0.15) is 0 Å². The van der Waals surface area contributed by atoms with E-state index in [1.165, 1.54) is 20.7 Å². The number of hydrogen-bond donors (Lipinski definition) is 0. The van der Waals surface area contributed by atoms with E-state index in [1.54, 1.807) is 0 Å². The average Bonchev–Trinajstić information content (AvgIpc) is 2.87. The van der Waals surface area contributed by atoms with Gasteiger partial charge in [0, 0.05) is 17.1 Å². The van der Waals surface area contributed by atoms with Gasteiger partial charge in [0.05, 0.1) is 0 Å². The zero-order valence-electron chi connectivity index (χ0n) is 19.8. The van der Waals surface area contributed by atoms with E-state index >= 15 is 0 Å². The van der Waals surface area contributed by atoms with Gasteiger partial charge in [-0.25, -0.2) is 0 Å². The largest absolute Gasteiger partial charge is 1.00 e. The molecule has 0 heterocycles. The summed E-state index contributed by atoms with van der Waals surface area (Å²) in [6.45, 7) is 9.44. The Morgan fingerprint density at radius 1 is 0.424 bits per heavy atom. The molecule has 0 amide bonds. The van der Waals surface area contributed by atoms with Gasteiger partial charge in [-0.05, 0) is 0 Å². The van der Waals surface area contributed by atoms with Crippen LogP contribution >= 0.6 is 0 Å². The van der Waals surface area contributed by atoms with E-state index in [0.29, 0.717) is 0 Å². The third-order valence-corrected chi connectivity index (χ3v) is 9.62. The first-order chi connectivity index (χ1) is 14.8. The summed E-state index contributed by atoms with van der Waals surface area (Å²) in [4.78, 5) is 0. The van der Waals surface area contributed by atoms with Gasteiger partial charge >= 0.3 is 37.7 Å². The zero-order valence-corrected chi connectivity index (χ0v) is 22.7. The van der Waals surface area contributed by atoms with Crippen LogP contribution in [0.3, 0.4) is 0 Å². The molecule has 6 heteroatoms. The van der Waals surface area contributed by atoms with Crippen LogP contribution in [0.25, 0.3) is 0 Å². The maximum atomic E-state index is 6.25. The predicted octanol–water partition coefficient (Wildman–Crippen LogP) is -2.05. The maximum absolute atomic E-state index is 6.25. The van der Waals surface area contributed by atoms with Crippen molar-refractivity contribution in [2.45, 2.75) is 13.1 Å². The summed E-state index contributed by atoms with van der Waals surface area (Å²) < 4.78 is 0. The summed E-state index contributed by atoms with van der Waals surface area (Å²) in [5.74, 6) is 0. The molecular weight excluding hydrogens is 472 g/mol. The Hall–Kier alpha value is -1.48. The van der Waals surface area contributed by atoms with Crippen LogP contribution in [0.4, 0.5) is 0 Å².